The molecule has 0 aliphatic heterocycles. The lowest BCUT2D eigenvalue weighted by molar-refractivity contribution is 0.573. The maximum Gasteiger partial charge on any atom is 0.0495 e. The Morgan fingerprint density at radius 1 is 0.958 bits per heavy atom. The summed E-state index contributed by atoms with van der Waals surface area (Å²) >= 11 is 0. The normalized spacial score (nSPS) is 14.0. The molecule has 3 heteroatoms. The summed E-state index contributed by atoms with van der Waals surface area (Å²) in [5.74, 6) is 0. The number of nitrogens with one attached hydrogen (secondary N) is 2. The molecule has 1 atom stereocenters. The highest BCUT2D eigenvalue weighted by Gasteiger charge is 2.09. The Labute approximate surface area is 151 Å². The minimum atomic E-state index is -1.66. The van der Waals surface area contributed by atoms with Crippen LogP contribution < -0.4 is 5.32 Å². The number of benzene rings is 3. The molecule has 0 amide bonds. The third-order valence-electron chi connectivity index (χ3n) is 4.24. The molecule has 3 aromatic carbocycles. The number of para-hydroxylation sites is 1. The van der Waals surface area contributed by atoms with E-state index in [0.29, 0.717) is 5.69 Å². The molecule has 24 heavy (non-hydrogen) atoms. The van der Waals surface area contributed by atoms with Crippen molar-refractivity contribution >= 4 is 34.1 Å². The van der Waals surface area contributed by atoms with Crippen LogP contribution in [0.1, 0.15) is 27.0 Å². The first kappa shape index (κ1) is 14.1. The minimum Gasteiger partial charge on any atom is -0.357 e. The quantitative estimate of drug-likeness (QED) is 0.466. The van der Waals surface area contributed by atoms with Crippen LogP contribution in [-0.4, -0.2) is 4.98 Å². The van der Waals surface area contributed by atoms with Crippen LogP contribution in [0.2, 0.25) is 0 Å². The van der Waals surface area contributed by atoms with E-state index in [1.807, 2.05) is 55.5 Å². The molecule has 0 bridgehead atoms. The highest BCUT2D eigenvalue weighted by atomic mass is 35.5. The van der Waals surface area contributed by atoms with E-state index in [-0.39, 0.29) is 18.4 Å². The molecule has 1 heterocycles. The number of hydrogen-bond donors (Lipinski definition) is 2. The summed E-state index contributed by atoms with van der Waals surface area (Å²) < 4.78 is 17.0. The SMILES string of the molecule is Cl.[2H][13C]([2H])(N[C@H](C)c1cccc2ccccc12)c1cc2ccccc2[nH]1. The number of H-pyrrole nitrogens is 1. The monoisotopic (exact) mass is 339 g/mol. The van der Waals surface area contributed by atoms with Crippen molar-refractivity contribution in [1.29, 1.82) is 0 Å². The van der Waals surface area contributed by atoms with E-state index in [2.05, 4.69) is 34.6 Å². The minimum absolute atomic E-state index is 0. The third-order valence-corrected chi connectivity index (χ3v) is 4.24. The first-order chi connectivity index (χ1) is 12.0. The first-order valence-electron chi connectivity index (χ1n) is 8.88. The summed E-state index contributed by atoms with van der Waals surface area (Å²) in [5, 5.41) is 6.48. The Balaban J connectivity index is 0.00000196. The average Bonchev–Trinajstić information content (AvgIpc) is 3.06. The van der Waals surface area contributed by atoms with Gasteiger partial charge < -0.3 is 10.3 Å². The largest absolute Gasteiger partial charge is 0.357 e. The smallest absolute Gasteiger partial charge is 0.0495 e. The van der Waals surface area contributed by atoms with Gasteiger partial charge in [-0.2, -0.15) is 0 Å². The summed E-state index contributed by atoms with van der Waals surface area (Å²) in [6, 6.07) is 24.0. The molecule has 4 rings (SSSR count). The molecule has 1 aromatic heterocycles. The fraction of sp³-hybridized carbons (Fsp3) is 0.143. The van der Waals surface area contributed by atoms with Crippen molar-refractivity contribution in [1.82, 2.24) is 10.3 Å². The van der Waals surface area contributed by atoms with Crippen molar-refractivity contribution in [2.75, 3.05) is 0 Å². The van der Waals surface area contributed by atoms with Gasteiger partial charge in [0.1, 0.15) is 0 Å². The Morgan fingerprint density at radius 2 is 1.67 bits per heavy atom. The fourth-order valence-corrected chi connectivity index (χ4v) is 3.03. The third kappa shape index (κ3) is 3.16. The molecule has 2 N–H and O–H groups in total. The molecule has 0 fully saturated rings. The second-order valence-corrected chi connectivity index (χ2v) is 5.83. The second kappa shape index (κ2) is 7.08. The van der Waals surface area contributed by atoms with Crippen LogP contribution in [0.3, 0.4) is 0 Å². The topological polar surface area (TPSA) is 27.8 Å². The Kier molecular flexibility index (Phi) is 4.16. The summed E-state index contributed by atoms with van der Waals surface area (Å²) in [4.78, 5) is 3.19. The van der Waals surface area contributed by atoms with Crippen molar-refractivity contribution in [3.05, 3.63) is 84.1 Å². The second-order valence-electron chi connectivity index (χ2n) is 5.83. The van der Waals surface area contributed by atoms with Crippen LogP contribution in [0.5, 0.6) is 0 Å². The maximum atomic E-state index is 8.51. The van der Waals surface area contributed by atoms with Gasteiger partial charge in [0.25, 0.3) is 0 Å². The predicted molar refractivity (Wildman–Crippen MR) is 105 cm³/mol. The lowest BCUT2D eigenvalue weighted by Gasteiger charge is -2.16. The number of fused-ring (bicyclic) bond motifs is 2. The molecule has 0 saturated carbocycles. The van der Waals surface area contributed by atoms with Gasteiger partial charge in [-0.05, 0) is 40.8 Å². The van der Waals surface area contributed by atoms with Crippen LogP contribution in [0.4, 0.5) is 0 Å². The van der Waals surface area contributed by atoms with Gasteiger partial charge in [0, 0.05) is 26.5 Å². The van der Waals surface area contributed by atoms with E-state index in [1.165, 1.54) is 5.39 Å². The van der Waals surface area contributed by atoms with Gasteiger partial charge in [-0.15, -0.1) is 12.4 Å². The molecule has 122 valence electrons. The van der Waals surface area contributed by atoms with Gasteiger partial charge in [0.2, 0.25) is 0 Å². The van der Waals surface area contributed by atoms with E-state index in [1.54, 1.807) is 0 Å². The summed E-state index contributed by atoms with van der Waals surface area (Å²) in [6.45, 7) is 0.345. The van der Waals surface area contributed by atoms with Crippen LogP contribution in [-0.2, 0) is 6.50 Å². The zero-order chi connectivity index (χ0) is 17.4. The van der Waals surface area contributed by atoms with Crippen molar-refractivity contribution in [2.45, 2.75) is 19.5 Å². The Morgan fingerprint density at radius 3 is 2.50 bits per heavy atom. The Bertz CT molecular complexity index is 1000. The molecule has 0 aliphatic carbocycles. The highest BCUT2D eigenvalue weighted by Crippen LogP contribution is 2.24. The van der Waals surface area contributed by atoms with Crippen LogP contribution in [0, 0.1) is 0 Å². The maximum absolute atomic E-state index is 8.51. The average molecular weight is 340 g/mol. The number of aromatic amines is 1. The molecule has 0 spiro atoms. The molecule has 0 unspecified atom stereocenters. The van der Waals surface area contributed by atoms with Gasteiger partial charge in [0.05, 0.1) is 0 Å². The highest BCUT2D eigenvalue weighted by molar-refractivity contribution is 5.86. The number of hydrogen-bond acceptors (Lipinski definition) is 1. The zero-order valence-corrected chi connectivity index (χ0v) is 14.2. The molecule has 2 nitrogen and oxygen atoms in total. The fourth-order valence-electron chi connectivity index (χ4n) is 3.03. The van der Waals surface area contributed by atoms with E-state index < -0.39 is 6.50 Å². The molecular weight excluding hydrogens is 317 g/mol. The van der Waals surface area contributed by atoms with Gasteiger partial charge in [-0.3, -0.25) is 0 Å². The Hall–Kier alpha value is -2.29. The lowest BCUT2D eigenvalue weighted by Crippen LogP contribution is -2.18. The van der Waals surface area contributed by atoms with Crippen LogP contribution in [0.25, 0.3) is 21.7 Å². The van der Waals surface area contributed by atoms with Gasteiger partial charge >= 0.3 is 0 Å². The van der Waals surface area contributed by atoms with Gasteiger partial charge in [-0.25, -0.2) is 0 Å². The van der Waals surface area contributed by atoms with Crippen molar-refractivity contribution < 1.29 is 2.74 Å². The van der Waals surface area contributed by atoms with Crippen molar-refractivity contribution in [3.63, 3.8) is 0 Å². The van der Waals surface area contributed by atoms with E-state index in [4.69, 9.17) is 2.74 Å². The number of rotatable bonds is 4. The van der Waals surface area contributed by atoms with Gasteiger partial charge in [-0.1, -0.05) is 60.7 Å². The van der Waals surface area contributed by atoms with E-state index in [0.717, 1.165) is 21.9 Å². The van der Waals surface area contributed by atoms with Crippen molar-refractivity contribution in [2.24, 2.45) is 0 Å². The number of halogens is 1. The lowest BCUT2D eigenvalue weighted by atomic mass is 10.00. The van der Waals surface area contributed by atoms with E-state index in [9.17, 15) is 0 Å². The molecule has 0 aliphatic rings. The van der Waals surface area contributed by atoms with Crippen LogP contribution >= 0.6 is 12.4 Å². The van der Waals surface area contributed by atoms with E-state index >= 15 is 0 Å². The zero-order valence-electron chi connectivity index (χ0n) is 15.4. The molecule has 0 saturated heterocycles. The van der Waals surface area contributed by atoms with Crippen molar-refractivity contribution in [3.8, 4) is 0 Å². The van der Waals surface area contributed by atoms with Gasteiger partial charge in [0.15, 0.2) is 0 Å². The standard InChI is InChI=1S/C21H20N2.ClH/c1-15(19-11-6-9-16-7-2-4-10-20(16)19)22-14-18-13-17-8-3-5-12-21(17)23-18;/h2-13,15,22-23H,14H2,1H3;1H/t15-;/m1./s1/i14+1D2;. The molecular formula is C21H21ClN2. The summed E-state index contributed by atoms with van der Waals surface area (Å²) in [7, 11) is 0. The predicted octanol–water partition coefficient (Wildman–Crippen LogP) is 5.59. The molecule has 4 aromatic rings. The molecule has 0 radical (unpaired) electrons. The number of aromatic nitrogens is 1. The summed E-state index contributed by atoms with van der Waals surface area (Å²) in [6.07, 6.45) is 0. The van der Waals surface area contributed by atoms with Crippen LogP contribution in [0.15, 0.2) is 72.8 Å². The first-order valence-corrected chi connectivity index (χ1v) is 7.88. The summed E-state index contributed by atoms with van der Waals surface area (Å²) in [5.41, 5.74) is 2.58.